The zero-order chi connectivity index (χ0) is 16.6. The van der Waals surface area contributed by atoms with Crippen LogP contribution in [0.2, 0.25) is 0 Å². The second-order valence-electron chi connectivity index (χ2n) is 5.57. The molecule has 0 amide bonds. The maximum Gasteiger partial charge on any atom is 0.332 e. The van der Waals surface area contributed by atoms with Crippen LogP contribution in [0.4, 0.5) is 0 Å². The molecule has 0 aromatic heterocycles. The van der Waals surface area contributed by atoms with Crippen LogP contribution in [0.5, 0.6) is 0 Å². The molecule has 0 heterocycles. The molecule has 0 saturated heterocycles. The number of carbonyl (C=O) groups excluding carboxylic acids is 2. The summed E-state index contributed by atoms with van der Waals surface area (Å²) < 4.78 is 15.2. The first-order valence-electron chi connectivity index (χ1n) is 8.53. The minimum atomic E-state index is -0.434. The smallest absolute Gasteiger partial charge is 0.332 e. The third-order valence-corrected chi connectivity index (χ3v) is 3.25. The van der Waals surface area contributed by atoms with Gasteiger partial charge in [-0.05, 0) is 26.2 Å². The van der Waals surface area contributed by atoms with Crippen molar-refractivity contribution >= 4 is 11.9 Å². The van der Waals surface area contributed by atoms with Gasteiger partial charge in [0.2, 0.25) is 0 Å². The molecule has 22 heavy (non-hydrogen) atoms. The van der Waals surface area contributed by atoms with E-state index in [1.165, 1.54) is 19.3 Å². The Kier molecular flexibility index (Phi) is 14.1. The molecule has 0 aliphatic carbocycles. The molecule has 130 valence electrons. The Bertz CT molecular complexity index is 291. The van der Waals surface area contributed by atoms with E-state index in [1.54, 1.807) is 0 Å². The highest BCUT2D eigenvalue weighted by atomic mass is 16.6. The van der Waals surface area contributed by atoms with Crippen LogP contribution in [0.15, 0.2) is 0 Å². The monoisotopic (exact) mass is 316 g/mol. The lowest BCUT2D eigenvalue weighted by atomic mass is 10.1. The van der Waals surface area contributed by atoms with Crippen molar-refractivity contribution in [3.05, 3.63) is 0 Å². The molecule has 0 N–H and O–H groups in total. The number of esters is 2. The van der Waals surface area contributed by atoms with Crippen LogP contribution in [0, 0.1) is 0 Å². The molecule has 0 radical (unpaired) electrons. The molecule has 0 aromatic rings. The average molecular weight is 316 g/mol. The Morgan fingerprint density at radius 2 is 1.50 bits per heavy atom. The summed E-state index contributed by atoms with van der Waals surface area (Å²) in [5.41, 5.74) is 0. The van der Waals surface area contributed by atoms with Crippen molar-refractivity contribution in [3.63, 3.8) is 0 Å². The normalized spacial score (nSPS) is 12.0. The standard InChI is InChI=1S/C17H32O5/c1-4-6-8-9-11-15(3)22-17(19)14-20-13-16(18)21-12-10-7-5-2/h15H,4-14H2,1-3H3. The largest absolute Gasteiger partial charge is 0.464 e. The molecule has 5 heteroatoms. The summed E-state index contributed by atoms with van der Waals surface area (Å²) in [5.74, 6) is -0.863. The van der Waals surface area contributed by atoms with Gasteiger partial charge in [0.1, 0.15) is 13.2 Å². The summed E-state index contributed by atoms with van der Waals surface area (Å²) in [4.78, 5) is 22.8. The van der Waals surface area contributed by atoms with Gasteiger partial charge in [-0.2, -0.15) is 0 Å². The van der Waals surface area contributed by atoms with Gasteiger partial charge in [0.25, 0.3) is 0 Å². The molecular formula is C17H32O5. The molecule has 0 aliphatic rings. The number of hydrogen-bond acceptors (Lipinski definition) is 5. The van der Waals surface area contributed by atoms with Crippen LogP contribution in [0.3, 0.4) is 0 Å². The zero-order valence-corrected chi connectivity index (χ0v) is 14.4. The third-order valence-electron chi connectivity index (χ3n) is 3.25. The summed E-state index contributed by atoms with van der Waals surface area (Å²) in [6, 6.07) is 0. The van der Waals surface area contributed by atoms with Crippen LogP contribution < -0.4 is 0 Å². The summed E-state index contributed by atoms with van der Waals surface area (Å²) in [6.45, 7) is 6.13. The van der Waals surface area contributed by atoms with Gasteiger partial charge in [-0.1, -0.05) is 46.0 Å². The molecule has 0 bridgehead atoms. The van der Waals surface area contributed by atoms with E-state index in [-0.39, 0.29) is 19.3 Å². The van der Waals surface area contributed by atoms with E-state index in [4.69, 9.17) is 14.2 Å². The van der Waals surface area contributed by atoms with Crippen LogP contribution in [-0.2, 0) is 23.8 Å². The number of unbranched alkanes of at least 4 members (excludes halogenated alkanes) is 5. The lowest BCUT2D eigenvalue weighted by Gasteiger charge is -2.13. The van der Waals surface area contributed by atoms with E-state index in [1.807, 2.05) is 6.92 Å². The van der Waals surface area contributed by atoms with E-state index in [9.17, 15) is 9.59 Å². The summed E-state index contributed by atoms with van der Waals surface area (Å²) in [7, 11) is 0. The molecule has 0 aliphatic heterocycles. The fourth-order valence-electron chi connectivity index (χ4n) is 1.97. The molecular weight excluding hydrogens is 284 g/mol. The van der Waals surface area contributed by atoms with Gasteiger partial charge in [-0.15, -0.1) is 0 Å². The van der Waals surface area contributed by atoms with Crippen molar-refractivity contribution < 1.29 is 23.8 Å². The van der Waals surface area contributed by atoms with Crippen molar-refractivity contribution in [1.82, 2.24) is 0 Å². The molecule has 0 fully saturated rings. The van der Waals surface area contributed by atoms with Gasteiger partial charge >= 0.3 is 11.9 Å². The van der Waals surface area contributed by atoms with Crippen LogP contribution in [0.1, 0.15) is 72.1 Å². The highest BCUT2D eigenvalue weighted by Crippen LogP contribution is 2.08. The first-order chi connectivity index (χ1) is 10.6. The highest BCUT2D eigenvalue weighted by Gasteiger charge is 2.11. The van der Waals surface area contributed by atoms with Gasteiger partial charge in [0, 0.05) is 0 Å². The van der Waals surface area contributed by atoms with Gasteiger partial charge in [0.15, 0.2) is 0 Å². The number of ether oxygens (including phenoxy) is 3. The topological polar surface area (TPSA) is 61.8 Å². The van der Waals surface area contributed by atoms with E-state index in [2.05, 4.69) is 13.8 Å². The SMILES string of the molecule is CCCCCCC(C)OC(=O)COCC(=O)OCCCCC. The Morgan fingerprint density at radius 1 is 0.864 bits per heavy atom. The van der Waals surface area contributed by atoms with Gasteiger partial charge in [0.05, 0.1) is 12.7 Å². The minimum absolute atomic E-state index is 0.103. The average Bonchev–Trinajstić information content (AvgIpc) is 2.48. The van der Waals surface area contributed by atoms with Gasteiger partial charge in [-0.3, -0.25) is 0 Å². The van der Waals surface area contributed by atoms with Gasteiger partial charge < -0.3 is 14.2 Å². The summed E-state index contributed by atoms with van der Waals surface area (Å²) >= 11 is 0. The van der Waals surface area contributed by atoms with Crippen molar-refractivity contribution in [3.8, 4) is 0 Å². The Labute approximate surface area is 134 Å². The second-order valence-corrected chi connectivity index (χ2v) is 5.57. The zero-order valence-electron chi connectivity index (χ0n) is 14.4. The van der Waals surface area contributed by atoms with Crippen molar-refractivity contribution in [1.29, 1.82) is 0 Å². The van der Waals surface area contributed by atoms with Gasteiger partial charge in [-0.25, -0.2) is 9.59 Å². The predicted molar refractivity (Wildman–Crippen MR) is 85.6 cm³/mol. The third kappa shape index (κ3) is 13.9. The Hall–Kier alpha value is -1.10. The van der Waals surface area contributed by atoms with E-state index >= 15 is 0 Å². The summed E-state index contributed by atoms with van der Waals surface area (Å²) in [6.07, 6.45) is 8.37. The molecule has 1 atom stereocenters. The van der Waals surface area contributed by atoms with Crippen molar-refractivity contribution in [2.24, 2.45) is 0 Å². The molecule has 1 unspecified atom stereocenters. The van der Waals surface area contributed by atoms with Crippen molar-refractivity contribution in [2.45, 2.75) is 78.2 Å². The Morgan fingerprint density at radius 3 is 2.18 bits per heavy atom. The van der Waals surface area contributed by atoms with E-state index in [0.29, 0.717) is 6.61 Å². The molecule has 0 spiro atoms. The first-order valence-corrected chi connectivity index (χ1v) is 8.53. The molecule has 0 aromatic carbocycles. The second kappa shape index (κ2) is 14.8. The molecule has 5 nitrogen and oxygen atoms in total. The number of carbonyl (C=O) groups is 2. The quantitative estimate of drug-likeness (QED) is 0.362. The van der Waals surface area contributed by atoms with Crippen molar-refractivity contribution in [2.75, 3.05) is 19.8 Å². The lowest BCUT2D eigenvalue weighted by molar-refractivity contribution is -0.158. The molecule has 0 saturated carbocycles. The fraction of sp³-hybridized carbons (Fsp3) is 0.882. The van der Waals surface area contributed by atoms with Crippen LogP contribution in [0.25, 0.3) is 0 Å². The van der Waals surface area contributed by atoms with E-state index < -0.39 is 11.9 Å². The molecule has 0 rings (SSSR count). The number of hydrogen-bond donors (Lipinski definition) is 0. The highest BCUT2D eigenvalue weighted by molar-refractivity contribution is 5.73. The predicted octanol–water partition coefficient (Wildman–Crippen LogP) is 3.64. The van der Waals surface area contributed by atoms with Crippen LogP contribution in [-0.4, -0.2) is 37.9 Å². The Balaban J connectivity index is 3.53. The lowest BCUT2D eigenvalue weighted by Crippen LogP contribution is -2.22. The fourth-order valence-corrected chi connectivity index (χ4v) is 1.97. The summed E-state index contributed by atoms with van der Waals surface area (Å²) in [5, 5.41) is 0. The maximum absolute atomic E-state index is 11.5. The first kappa shape index (κ1) is 20.9. The number of rotatable bonds is 14. The van der Waals surface area contributed by atoms with Crippen LogP contribution >= 0.6 is 0 Å². The van der Waals surface area contributed by atoms with E-state index in [0.717, 1.165) is 32.1 Å². The maximum atomic E-state index is 11.5. The minimum Gasteiger partial charge on any atom is -0.464 e.